The lowest BCUT2D eigenvalue weighted by atomic mass is 10.0. The first-order valence-electron chi connectivity index (χ1n) is 8.34. The molecule has 0 aliphatic heterocycles. The molecule has 2 aromatic carbocycles. The van der Waals surface area contributed by atoms with Crippen LogP contribution in [0, 0.1) is 6.92 Å². The summed E-state index contributed by atoms with van der Waals surface area (Å²) < 4.78 is 6.82. The standard InChI is InChI=1S/C20H23BrClN3O/c1-5-25(4)13-24-18-10-14(2)15(11-17(18)22)19(23-3)12-26-20-9-7-6-8-16(20)21/h6-11,13H,5,12H2,1-4H3. The molecule has 0 unspecified atom stereocenters. The molecule has 0 heterocycles. The molecular weight excluding hydrogens is 414 g/mol. The molecule has 26 heavy (non-hydrogen) atoms. The van der Waals surface area contributed by atoms with Crippen molar-refractivity contribution in [2.24, 2.45) is 9.98 Å². The quantitative estimate of drug-likeness (QED) is 0.423. The fraction of sp³-hybridized carbons (Fsp3) is 0.300. The van der Waals surface area contributed by atoms with Crippen molar-refractivity contribution >= 4 is 45.3 Å². The van der Waals surface area contributed by atoms with Gasteiger partial charge >= 0.3 is 0 Å². The van der Waals surface area contributed by atoms with Crippen LogP contribution in [0.15, 0.2) is 50.9 Å². The molecule has 0 radical (unpaired) electrons. The Hall–Kier alpha value is -1.85. The summed E-state index contributed by atoms with van der Waals surface area (Å²) in [4.78, 5) is 10.8. The summed E-state index contributed by atoms with van der Waals surface area (Å²) in [7, 11) is 3.73. The lowest BCUT2D eigenvalue weighted by Gasteiger charge is -2.14. The van der Waals surface area contributed by atoms with E-state index in [0.29, 0.717) is 11.6 Å². The highest BCUT2D eigenvalue weighted by Gasteiger charge is 2.12. The van der Waals surface area contributed by atoms with Crippen LogP contribution < -0.4 is 4.74 Å². The molecule has 0 saturated heterocycles. The van der Waals surface area contributed by atoms with E-state index in [1.54, 1.807) is 13.4 Å². The number of hydrogen-bond acceptors (Lipinski definition) is 3. The smallest absolute Gasteiger partial charge is 0.134 e. The Kier molecular flexibility index (Phi) is 7.66. The van der Waals surface area contributed by atoms with Crippen LogP contribution in [0.1, 0.15) is 18.1 Å². The summed E-state index contributed by atoms with van der Waals surface area (Å²) >= 11 is 9.92. The molecule has 0 fully saturated rings. The van der Waals surface area contributed by atoms with Gasteiger partial charge < -0.3 is 9.64 Å². The molecule has 0 aliphatic rings. The van der Waals surface area contributed by atoms with Crippen molar-refractivity contribution < 1.29 is 4.74 Å². The molecule has 0 atom stereocenters. The lowest BCUT2D eigenvalue weighted by molar-refractivity contribution is 0.374. The third-order valence-corrected chi connectivity index (χ3v) is 4.93. The molecule has 0 aliphatic carbocycles. The molecule has 0 bridgehead atoms. The van der Waals surface area contributed by atoms with Crippen molar-refractivity contribution in [1.29, 1.82) is 0 Å². The zero-order chi connectivity index (χ0) is 19.1. The van der Waals surface area contributed by atoms with Crippen molar-refractivity contribution in [1.82, 2.24) is 4.90 Å². The minimum Gasteiger partial charge on any atom is -0.486 e. The Bertz CT molecular complexity index is 821. The van der Waals surface area contributed by atoms with Crippen LogP contribution in [0.5, 0.6) is 5.75 Å². The van der Waals surface area contributed by atoms with E-state index in [4.69, 9.17) is 16.3 Å². The number of aryl methyl sites for hydroxylation is 1. The summed E-state index contributed by atoms with van der Waals surface area (Å²) in [5.74, 6) is 0.779. The van der Waals surface area contributed by atoms with E-state index in [1.807, 2.05) is 55.3 Å². The van der Waals surface area contributed by atoms with Gasteiger partial charge in [0, 0.05) is 26.2 Å². The zero-order valence-electron chi connectivity index (χ0n) is 15.5. The average molecular weight is 437 g/mol. The van der Waals surface area contributed by atoms with Crippen molar-refractivity contribution in [2.75, 3.05) is 27.2 Å². The van der Waals surface area contributed by atoms with Gasteiger partial charge in [-0.25, -0.2) is 4.99 Å². The average Bonchev–Trinajstić information content (AvgIpc) is 2.64. The van der Waals surface area contributed by atoms with Gasteiger partial charge in [0.25, 0.3) is 0 Å². The summed E-state index contributed by atoms with van der Waals surface area (Å²) in [5.41, 5.74) is 3.60. The second kappa shape index (κ2) is 9.74. The Balaban J connectivity index is 2.22. The Morgan fingerprint density at radius 3 is 2.69 bits per heavy atom. The van der Waals surface area contributed by atoms with E-state index in [-0.39, 0.29) is 0 Å². The monoisotopic (exact) mass is 435 g/mol. The molecule has 0 N–H and O–H groups in total. The molecule has 0 amide bonds. The molecule has 0 aromatic heterocycles. The van der Waals surface area contributed by atoms with Crippen LogP contribution in [0.2, 0.25) is 5.02 Å². The topological polar surface area (TPSA) is 37.2 Å². The van der Waals surface area contributed by atoms with E-state index < -0.39 is 0 Å². The summed E-state index contributed by atoms with van der Waals surface area (Å²) in [6.07, 6.45) is 1.78. The van der Waals surface area contributed by atoms with Gasteiger partial charge in [0.1, 0.15) is 12.4 Å². The number of halogens is 2. The first kappa shape index (κ1) is 20.5. The third-order valence-electron chi connectivity index (χ3n) is 3.97. The van der Waals surface area contributed by atoms with Gasteiger partial charge in [-0.15, -0.1) is 0 Å². The Morgan fingerprint density at radius 1 is 1.31 bits per heavy atom. The molecule has 138 valence electrons. The maximum absolute atomic E-state index is 6.44. The van der Waals surface area contributed by atoms with Crippen molar-refractivity contribution in [3.8, 4) is 5.75 Å². The van der Waals surface area contributed by atoms with Crippen LogP contribution in [-0.2, 0) is 0 Å². The number of hydrogen-bond donors (Lipinski definition) is 0. The van der Waals surface area contributed by atoms with Crippen LogP contribution in [0.4, 0.5) is 5.69 Å². The third kappa shape index (κ3) is 5.32. The van der Waals surface area contributed by atoms with E-state index in [2.05, 4.69) is 32.8 Å². The molecule has 6 heteroatoms. The van der Waals surface area contributed by atoms with Gasteiger partial charge in [-0.05, 0) is 59.6 Å². The fourth-order valence-corrected chi connectivity index (χ4v) is 2.90. The van der Waals surface area contributed by atoms with Gasteiger partial charge in [0.15, 0.2) is 0 Å². The van der Waals surface area contributed by atoms with Gasteiger partial charge in [-0.3, -0.25) is 4.99 Å². The number of ether oxygens (including phenoxy) is 1. The molecular formula is C20H23BrClN3O. The Morgan fingerprint density at radius 2 is 2.04 bits per heavy atom. The second-order valence-corrected chi connectivity index (χ2v) is 7.09. The molecule has 2 aromatic rings. The highest BCUT2D eigenvalue weighted by Crippen LogP contribution is 2.29. The first-order valence-corrected chi connectivity index (χ1v) is 9.51. The SMILES string of the molecule is CCN(C)C=Nc1cc(C)c(C(COc2ccccc2Br)=NC)cc1Cl. The number of aliphatic imine (C=N–C) groups is 2. The second-order valence-electron chi connectivity index (χ2n) is 5.83. The minimum atomic E-state index is 0.359. The highest BCUT2D eigenvalue weighted by molar-refractivity contribution is 9.10. The molecule has 2 rings (SSSR count). The molecule has 0 spiro atoms. The first-order chi connectivity index (χ1) is 12.5. The van der Waals surface area contributed by atoms with Crippen LogP contribution >= 0.6 is 27.5 Å². The Labute approximate surface area is 168 Å². The fourth-order valence-electron chi connectivity index (χ4n) is 2.29. The van der Waals surface area contributed by atoms with Gasteiger partial charge in [-0.2, -0.15) is 0 Å². The maximum atomic E-state index is 6.44. The predicted octanol–water partition coefficient (Wildman–Crippen LogP) is 5.52. The number of para-hydroxylation sites is 1. The van der Waals surface area contributed by atoms with Crippen LogP contribution in [0.3, 0.4) is 0 Å². The van der Waals surface area contributed by atoms with E-state index in [9.17, 15) is 0 Å². The van der Waals surface area contributed by atoms with Gasteiger partial charge in [-0.1, -0.05) is 23.7 Å². The predicted molar refractivity (Wildman–Crippen MR) is 115 cm³/mol. The molecule has 0 saturated carbocycles. The van der Waals surface area contributed by atoms with Crippen LogP contribution in [-0.4, -0.2) is 44.2 Å². The maximum Gasteiger partial charge on any atom is 0.134 e. The normalized spacial score (nSPS) is 11.8. The van der Waals surface area contributed by atoms with Gasteiger partial charge in [0.2, 0.25) is 0 Å². The van der Waals surface area contributed by atoms with E-state index >= 15 is 0 Å². The number of benzene rings is 2. The zero-order valence-corrected chi connectivity index (χ0v) is 17.8. The highest BCUT2D eigenvalue weighted by atomic mass is 79.9. The van der Waals surface area contributed by atoms with Crippen molar-refractivity contribution in [2.45, 2.75) is 13.8 Å². The summed E-state index contributed by atoms with van der Waals surface area (Å²) in [6.45, 7) is 5.34. The largest absolute Gasteiger partial charge is 0.486 e. The van der Waals surface area contributed by atoms with Crippen LogP contribution in [0.25, 0.3) is 0 Å². The molecule has 4 nitrogen and oxygen atoms in total. The summed E-state index contributed by atoms with van der Waals surface area (Å²) in [6, 6.07) is 11.6. The van der Waals surface area contributed by atoms with E-state index in [0.717, 1.165) is 39.3 Å². The van der Waals surface area contributed by atoms with Crippen molar-refractivity contribution in [3.63, 3.8) is 0 Å². The number of nitrogens with zero attached hydrogens (tertiary/aromatic N) is 3. The number of rotatable bonds is 7. The van der Waals surface area contributed by atoms with Gasteiger partial charge in [0.05, 0.1) is 27.2 Å². The van der Waals surface area contributed by atoms with E-state index in [1.165, 1.54) is 0 Å². The summed E-state index contributed by atoms with van der Waals surface area (Å²) in [5, 5.41) is 0.591. The lowest BCUT2D eigenvalue weighted by Crippen LogP contribution is -2.15. The van der Waals surface area contributed by atoms with Crippen molar-refractivity contribution in [3.05, 3.63) is 57.0 Å². The minimum absolute atomic E-state index is 0.359.